The van der Waals surface area contributed by atoms with E-state index in [1.807, 2.05) is 12.3 Å². The molecule has 72 valence electrons. The Labute approximate surface area is 77.9 Å². The molecule has 0 saturated carbocycles. The van der Waals surface area contributed by atoms with Gasteiger partial charge in [-0.3, -0.25) is 5.10 Å². The molecule has 1 aromatic heterocycles. The van der Waals surface area contributed by atoms with Crippen molar-refractivity contribution in [2.24, 2.45) is 0 Å². The van der Waals surface area contributed by atoms with Gasteiger partial charge in [-0.15, -0.1) is 0 Å². The van der Waals surface area contributed by atoms with E-state index in [4.69, 9.17) is 4.74 Å². The number of rotatable bonds is 1. The molecule has 0 aliphatic carbocycles. The van der Waals surface area contributed by atoms with Gasteiger partial charge < -0.3 is 9.64 Å². The van der Waals surface area contributed by atoms with Gasteiger partial charge in [0.2, 0.25) is 0 Å². The Hall–Kier alpha value is -1.03. The van der Waals surface area contributed by atoms with Crippen molar-refractivity contribution in [2.45, 2.75) is 19.4 Å². The molecule has 4 heteroatoms. The van der Waals surface area contributed by atoms with Crippen LogP contribution in [0.1, 0.15) is 13.3 Å². The molecule has 1 aliphatic rings. The van der Waals surface area contributed by atoms with Crippen LogP contribution in [0.15, 0.2) is 12.3 Å². The molecule has 0 amide bonds. The van der Waals surface area contributed by atoms with Crippen molar-refractivity contribution < 1.29 is 4.74 Å². The maximum Gasteiger partial charge on any atom is 0.150 e. The molecule has 4 nitrogen and oxygen atoms in total. The standard InChI is InChI=1S/C9H15N3O/c1-8-7-12(5-2-6-13-8)9-3-4-10-11-9/h3-4,8H,2,5-7H2,1H3,(H,10,11). The Kier molecular flexibility index (Phi) is 2.49. The van der Waals surface area contributed by atoms with Gasteiger partial charge in [-0.25, -0.2) is 0 Å². The van der Waals surface area contributed by atoms with E-state index in [1.54, 1.807) is 0 Å². The molecule has 0 bridgehead atoms. The molecule has 1 saturated heterocycles. The molecule has 13 heavy (non-hydrogen) atoms. The zero-order valence-corrected chi connectivity index (χ0v) is 7.86. The molecule has 0 aromatic carbocycles. The predicted molar refractivity (Wildman–Crippen MR) is 50.8 cm³/mol. The molecule has 2 rings (SSSR count). The minimum absolute atomic E-state index is 0.305. The minimum atomic E-state index is 0.305. The molecule has 1 N–H and O–H groups in total. The van der Waals surface area contributed by atoms with Gasteiger partial charge in [0.05, 0.1) is 6.10 Å². The second-order valence-electron chi connectivity index (χ2n) is 3.41. The van der Waals surface area contributed by atoms with Crippen LogP contribution >= 0.6 is 0 Å². The molecular formula is C9H15N3O. The third-order valence-electron chi connectivity index (χ3n) is 2.26. The Bertz CT molecular complexity index is 247. The lowest BCUT2D eigenvalue weighted by atomic mass is 10.3. The molecule has 2 heterocycles. The van der Waals surface area contributed by atoms with Crippen LogP contribution in [0.4, 0.5) is 5.82 Å². The molecule has 1 aromatic rings. The SMILES string of the molecule is CC1CN(c2cc[nH]n2)CCCO1. The smallest absolute Gasteiger partial charge is 0.150 e. The van der Waals surface area contributed by atoms with E-state index in [0.717, 1.165) is 31.9 Å². The lowest BCUT2D eigenvalue weighted by molar-refractivity contribution is 0.0820. The fourth-order valence-corrected chi connectivity index (χ4v) is 1.63. The third kappa shape index (κ3) is 2.01. The lowest BCUT2D eigenvalue weighted by Crippen LogP contribution is -2.30. The van der Waals surface area contributed by atoms with E-state index in [-0.39, 0.29) is 0 Å². The second kappa shape index (κ2) is 3.79. The first-order valence-corrected chi connectivity index (χ1v) is 4.72. The van der Waals surface area contributed by atoms with Gasteiger partial charge >= 0.3 is 0 Å². The number of nitrogens with zero attached hydrogens (tertiary/aromatic N) is 2. The van der Waals surface area contributed by atoms with Crippen LogP contribution in [0, 0.1) is 0 Å². The van der Waals surface area contributed by atoms with E-state index >= 15 is 0 Å². The quantitative estimate of drug-likeness (QED) is 0.703. The van der Waals surface area contributed by atoms with Gasteiger partial charge in [-0.2, -0.15) is 5.10 Å². The van der Waals surface area contributed by atoms with Crippen LogP contribution < -0.4 is 4.90 Å². The summed E-state index contributed by atoms with van der Waals surface area (Å²) in [5, 5.41) is 6.99. The molecule has 1 aliphatic heterocycles. The van der Waals surface area contributed by atoms with Gasteiger partial charge in [0.1, 0.15) is 5.82 Å². The average Bonchev–Trinajstić information content (AvgIpc) is 2.56. The van der Waals surface area contributed by atoms with E-state index in [2.05, 4.69) is 22.0 Å². The zero-order chi connectivity index (χ0) is 9.10. The van der Waals surface area contributed by atoms with E-state index < -0.39 is 0 Å². The maximum atomic E-state index is 5.55. The van der Waals surface area contributed by atoms with Crippen LogP contribution in [-0.4, -0.2) is 36.0 Å². The van der Waals surface area contributed by atoms with Crippen LogP contribution in [0.5, 0.6) is 0 Å². The first-order valence-electron chi connectivity index (χ1n) is 4.72. The summed E-state index contributed by atoms with van der Waals surface area (Å²) in [4.78, 5) is 2.26. The van der Waals surface area contributed by atoms with Crippen LogP contribution in [0.2, 0.25) is 0 Å². The molecule has 0 spiro atoms. The highest BCUT2D eigenvalue weighted by Gasteiger charge is 2.16. The Morgan fingerprint density at radius 3 is 3.38 bits per heavy atom. The molecule has 1 fully saturated rings. The highest BCUT2D eigenvalue weighted by Crippen LogP contribution is 2.13. The van der Waals surface area contributed by atoms with Crippen molar-refractivity contribution >= 4 is 5.82 Å². The van der Waals surface area contributed by atoms with Gasteiger partial charge in [-0.05, 0) is 13.3 Å². The third-order valence-corrected chi connectivity index (χ3v) is 2.26. The number of ether oxygens (including phenoxy) is 1. The van der Waals surface area contributed by atoms with Gasteiger partial charge in [0, 0.05) is 32.0 Å². The topological polar surface area (TPSA) is 41.2 Å². The van der Waals surface area contributed by atoms with E-state index in [9.17, 15) is 0 Å². The summed E-state index contributed by atoms with van der Waals surface area (Å²) in [7, 11) is 0. The van der Waals surface area contributed by atoms with Crippen LogP contribution in [0.25, 0.3) is 0 Å². The largest absolute Gasteiger partial charge is 0.377 e. The number of H-pyrrole nitrogens is 1. The molecular weight excluding hydrogens is 166 g/mol. The number of anilines is 1. The number of aromatic amines is 1. The van der Waals surface area contributed by atoms with Crippen molar-refractivity contribution in [1.82, 2.24) is 10.2 Å². The van der Waals surface area contributed by atoms with Crippen molar-refractivity contribution in [3.8, 4) is 0 Å². The predicted octanol–water partition coefficient (Wildman–Crippen LogP) is 1.02. The van der Waals surface area contributed by atoms with Crippen LogP contribution in [0.3, 0.4) is 0 Å². The minimum Gasteiger partial charge on any atom is -0.377 e. The highest BCUT2D eigenvalue weighted by atomic mass is 16.5. The van der Waals surface area contributed by atoms with E-state index in [1.165, 1.54) is 0 Å². The number of hydrogen-bond donors (Lipinski definition) is 1. The number of hydrogen-bond acceptors (Lipinski definition) is 3. The number of aromatic nitrogens is 2. The van der Waals surface area contributed by atoms with Gasteiger partial charge in [0.25, 0.3) is 0 Å². The number of nitrogens with one attached hydrogen (secondary N) is 1. The lowest BCUT2D eigenvalue weighted by Gasteiger charge is -2.21. The summed E-state index contributed by atoms with van der Waals surface area (Å²) in [6.07, 6.45) is 3.24. The fraction of sp³-hybridized carbons (Fsp3) is 0.667. The summed E-state index contributed by atoms with van der Waals surface area (Å²) >= 11 is 0. The highest BCUT2D eigenvalue weighted by molar-refractivity contribution is 5.36. The van der Waals surface area contributed by atoms with Crippen molar-refractivity contribution in [1.29, 1.82) is 0 Å². The first-order chi connectivity index (χ1) is 6.36. The zero-order valence-electron chi connectivity index (χ0n) is 7.86. The summed E-state index contributed by atoms with van der Waals surface area (Å²) in [5.74, 6) is 1.03. The molecule has 1 atom stereocenters. The normalized spacial score (nSPS) is 24.4. The van der Waals surface area contributed by atoms with Gasteiger partial charge in [-0.1, -0.05) is 0 Å². The van der Waals surface area contributed by atoms with E-state index in [0.29, 0.717) is 6.10 Å². The molecule has 0 radical (unpaired) electrons. The van der Waals surface area contributed by atoms with Crippen molar-refractivity contribution in [3.63, 3.8) is 0 Å². The second-order valence-corrected chi connectivity index (χ2v) is 3.41. The Morgan fingerprint density at radius 2 is 2.62 bits per heavy atom. The summed E-state index contributed by atoms with van der Waals surface area (Å²) in [6, 6.07) is 2.00. The summed E-state index contributed by atoms with van der Waals surface area (Å²) in [5.41, 5.74) is 0. The van der Waals surface area contributed by atoms with Crippen LogP contribution in [-0.2, 0) is 4.74 Å². The summed E-state index contributed by atoms with van der Waals surface area (Å²) < 4.78 is 5.55. The summed E-state index contributed by atoms with van der Waals surface area (Å²) in [6.45, 7) is 4.94. The Morgan fingerprint density at radius 1 is 1.69 bits per heavy atom. The average molecular weight is 181 g/mol. The monoisotopic (exact) mass is 181 g/mol. The first kappa shape index (κ1) is 8.56. The Balaban J connectivity index is 2.05. The molecule has 1 unspecified atom stereocenters. The fourth-order valence-electron chi connectivity index (χ4n) is 1.63. The maximum absolute atomic E-state index is 5.55. The van der Waals surface area contributed by atoms with Crippen molar-refractivity contribution in [2.75, 3.05) is 24.6 Å². The van der Waals surface area contributed by atoms with Crippen molar-refractivity contribution in [3.05, 3.63) is 12.3 Å². The van der Waals surface area contributed by atoms with Gasteiger partial charge in [0.15, 0.2) is 0 Å².